The van der Waals surface area contributed by atoms with Gasteiger partial charge in [-0.05, 0) is 25.8 Å². The molecule has 3 N–H and O–H groups in total. The number of ether oxygens (including phenoxy) is 1. The molecule has 20 heavy (non-hydrogen) atoms. The number of hydrogen-bond acceptors (Lipinski definition) is 3. The second-order valence-electron chi connectivity index (χ2n) is 5.63. The Morgan fingerprint density at radius 3 is 2.65 bits per heavy atom. The summed E-state index contributed by atoms with van der Waals surface area (Å²) in [4.78, 5) is 12.5. The van der Waals surface area contributed by atoms with Crippen molar-refractivity contribution in [1.29, 1.82) is 0 Å². The molecule has 0 radical (unpaired) electrons. The van der Waals surface area contributed by atoms with Gasteiger partial charge in [-0.25, -0.2) is 0 Å². The molecule has 0 heterocycles. The Hall–Kier alpha value is -1.55. The third-order valence-corrected chi connectivity index (χ3v) is 4.39. The molecule has 1 aliphatic rings. The highest BCUT2D eigenvalue weighted by molar-refractivity contribution is 5.83. The lowest BCUT2D eigenvalue weighted by Gasteiger charge is -2.28. The zero-order valence-corrected chi connectivity index (χ0v) is 12.3. The number of rotatable bonds is 5. The van der Waals surface area contributed by atoms with E-state index in [-0.39, 0.29) is 17.4 Å². The second kappa shape index (κ2) is 6.27. The zero-order valence-electron chi connectivity index (χ0n) is 12.3. The Bertz CT molecular complexity index is 467. The lowest BCUT2D eigenvalue weighted by Crippen LogP contribution is -2.45. The number of nitrogens with one attached hydrogen (secondary N) is 1. The molecule has 0 aromatic heterocycles. The van der Waals surface area contributed by atoms with Crippen LogP contribution in [0.15, 0.2) is 24.3 Å². The average Bonchev–Trinajstić information content (AvgIpc) is 2.97. The van der Waals surface area contributed by atoms with Crippen LogP contribution >= 0.6 is 0 Å². The molecule has 1 fully saturated rings. The summed E-state index contributed by atoms with van der Waals surface area (Å²) in [7, 11) is 1.64. The van der Waals surface area contributed by atoms with Gasteiger partial charge in [0.15, 0.2) is 0 Å². The van der Waals surface area contributed by atoms with Crippen molar-refractivity contribution < 1.29 is 9.53 Å². The van der Waals surface area contributed by atoms with Crippen LogP contribution < -0.4 is 15.8 Å². The second-order valence-corrected chi connectivity index (χ2v) is 5.63. The number of amides is 1. The van der Waals surface area contributed by atoms with E-state index in [1.807, 2.05) is 31.2 Å². The molecule has 1 aromatic rings. The van der Waals surface area contributed by atoms with Crippen molar-refractivity contribution in [3.8, 4) is 5.75 Å². The van der Waals surface area contributed by atoms with Crippen LogP contribution in [-0.2, 0) is 4.79 Å². The summed E-state index contributed by atoms with van der Waals surface area (Å²) in [6, 6.07) is 7.69. The largest absolute Gasteiger partial charge is 0.496 e. The van der Waals surface area contributed by atoms with Gasteiger partial charge in [0.2, 0.25) is 5.91 Å². The molecule has 2 rings (SSSR count). The van der Waals surface area contributed by atoms with Crippen molar-refractivity contribution in [1.82, 2.24) is 5.32 Å². The van der Waals surface area contributed by atoms with Gasteiger partial charge in [-0.3, -0.25) is 4.79 Å². The molecule has 0 spiro atoms. The first-order valence-corrected chi connectivity index (χ1v) is 7.27. The van der Waals surface area contributed by atoms with Crippen LogP contribution in [0.1, 0.15) is 44.2 Å². The Balaban J connectivity index is 2.11. The fourth-order valence-corrected chi connectivity index (χ4v) is 3.03. The SMILES string of the molecule is COc1ccccc1[C@H](C)NC(=O)C1(CN)CCCC1. The van der Waals surface area contributed by atoms with Crippen LogP contribution in [0, 0.1) is 5.41 Å². The van der Waals surface area contributed by atoms with Gasteiger partial charge in [0.1, 0.15) is 5.75 Å². The van der Waals surface area contributed by atoms with Gasteiger partial charge >= 0.3 is 0 Å². The van der Waals surface area contributed by atoms with E-state index in [1.54, 1.807) is 7.11 Å². The maximum atomic E-state index is 12.5. The summed E-state index contributed by atoms with van der Waals surface area (Å²) in [6.07, 6.45) is 3.98. The number of carbonyl (C=O) groups excluding carboxylic acids is 1. The molecule has 0 saturated heterocycles. The Labute approximate surface area is 120 Å². The van der Waals surface area contributed by atoms with E-state index in [0.29, 0.717) is 6.54 Å². The molecule has 4 heteroatoms. The monoisotopic (exact) mass is 276 g/mol. The maximum absolute atomic E-state index is 12.5. The van der Waals surface area contributed by atoms with Gasteiger partial charge < -0.3 is 15.8 Å². The molecular weight excluding hydrogens is 252 g/mol. The van der Waals surface area contributed by atoms with Crippen molar-refractivity contribution in [2.75, 3.05) is 13.7 Å². The van der Waals surface area contributed by atoms with E-state index in [9.17, 15) is 4.79 Å². The minimum Gasteiger partial charge on any atom is -0.496 e. The molecule has 1 atom stereocenters. The highest BCUT2D eigenvalue weighted by Crippen LogP contribution is 2.38. The van der Waals surface area contributed by atoms with E-state index >= 15 is 0 Å². The van der Waals surface area contributed by atoms with Gasteiger partial charge in [0.25, 0.3) is 0 Å². The summed E-state index contributed by atoms with van der Waals surface area (Å²) in [5.74, 6) is 0.879. The van der Waals surface area contributed by atoms with Crippen molar-refractivity contribution in [3.63, 3.8) is 0 Å². The first-order chi connectivity index (χ1) is 9.63. The molecule has 4 nitrogen and oxygen atoms in total. The smallest absolute Gasteiger partial charge is 0.227 e. The normalized spacial score (nSPS) is 18.6. The van der Waals surface area contributed by atoms with E-state index < -0.39 is 0 Å². The number of benzene rings is 1. The Morgan fingerprint density at radius 1 is 1.40 bits per heavy atom. The highest BCUT2D eigenvalue weighted by Gasteiger charge is 2.40. The van der Waals surface area contributed by atoms with E-state index in [2.05, 4.69) is 5.32 Å². The molecule has 1 saturated carbocycles. The standard InChI is InChI=1S/C16H24N2O2/c1-12(13-7-3-4-8-14(13)20-2)18-15(19)16(11-17)9-5-6-10-16/h3-4,7-8,12H,5-6,9-11,17H2,1-2H3,(H,18,19)/t12-/m0/s1. The third kappa shape index (κ3) is 2.80. The van der Waals surface area contributed by atoms with Crippen LogP contribution in [-0.4, -0.2) is 19.6 Å². The van der Waals surface area contributed by atoms with Crippen LogP contribution in [0.4, 0.5) is 0 Å². The average molecular weight is 276 g/mol. The van der Waals surface area contributed by atoms with Crippen molar-refractivity contribution in [2.24, 2.45) is 11.1 Å². The quantitative estimate of drug-likeness (QED) is 0.868. The van der Waals surface area contributed by atoms with Crippen LogP contribution in [0.3, 0.4) is 0 Å². The number of nitrogens with two attached hydrogens (primary N) is 1. The van der Waals surface area contributed by atoms with E-state index in [0.717, 1.165) is 37.0 Å². The lowest BCUT2D eigenvalue weighted by molar-refractivity contribution is -0.131. The molecule has 1 aromatic carbocycles. The minimum atomic E-state index is -0.365. The lowest BCUT2D eigenvalue weighted by atomic mass is 9.85. The highest BCUT2D eigenvalue weighted by atomic mass is 16.5. The zero-order chi connectivity index (χ0) is 14.6. The van der Waals surface area contributed by atoms with E-state index in [1.165, 1.54) is 0 Å². The van der Waals surface area contributed by atoms with Crippen molar-refractivity contribution >= 4 is 5.91 Å². The Morgan fingerprint density at radius 2 is 2.05 bits per heavy atom. The summed E-state index contributed by atoms with van der Waals surface area (Å²) in [6.45, 7) is 2.41. The predicted molar refractivity (Wildman–Crippen MR) is 79.5 cm³/mol. The summed E-state index contributed by atoms with van der Waals surface area (Å²) >= 11 is 0. The van der Waals surface area contributed by atoms with E-state index in [4.69, 9.17) is 10.5 Å². The van der Waals surface area contributed by atoms with Gasteiger partial charge in [0, 0.05) is 12.1 Å². The molecule has 1 aliphatic carbocycles. The number of methoxy groups -OCH3 is 1. The number of hydrogen-bond donors (Lipinski definition) is 2. The van der Waals surface area contributed by atoms with Crippen LogP contribution in [0.2, 0.25) is 0 Å². The maximum Gasteiger partial charge on any atom is 0.227 e. The molecule has 0 unspecified atom stereocenters. The molecule has 0 aliphatic heterocycles. The fraction of sp³-hybridized carbons (Fsp3) is 0.562. The molecular formula is C16H24N2O2. The van der Waals surface area contributed by atoms with Crippen LogP contribution in [0.5, 0.6) is 5.75 Å². The number of para-hydroxylation sites is 1. The van der Waals surface area contributed by atoms with Gasteiger partial charge in [0.05, 0.1) is 18.6 Å². The van der Waals surface area contributed by atoms with Gasteiger partial charge in [-0.1, -0.05) is 31.0 Å². The summed E-state index contributed by atoms with van der Waals surface area (Å²) in [5, 5.41) is 3.11. The molecule has 0 bridgehead atoms. The number of carbonyl (C=O) groups is 1. The summed E-state index contributed by atoms with van der Waals surface area (Å²) in [5.41, 5.74) is 6.48. The molecule has 110 valence electrons. The summed E-state index contributed by atoms with van der Waals surface area (Å²) < 4.78 is 5.35. The van der Waals surface area contributed by atoms with Crippen molar-refractivity contribution in [2.45, 2.75) is 38.6 Å². The third-order valence-electron chi connectivity index (χ3n) is 4.39. The minimum absolute atomic E-state index is 0.0795. The Kier molecular flexibility index (Phi) is 4.65. The van der Waals surface area contributed by atoms with Gasteiger partial charge in [-0.15, -0.1) is 0 Å². The fourth-order valence-electron chi connectivity index (χ4n) is 3.03. The van der Waals surface area contributed by atoms with Crippen LogP contribution in [0.25, 0.3) is 0 Å². The predicted octanol–water partition coefficient (Wildman–Crippen LogP) is 2.39. The topological polar surface area (TPSA) is 64.3 Å². The first kappa shape index (κ1) is 14.9. The van der Waals surface area contributed by atoms with Gasteiger partial charge in [-0.2, -0.15) is 0 Å². The molecule has 1 amide bonds. The first-order valence-electron chi connectivity index (χ1n) is 7.27. The van der Waals surface area contributed by atoms with Crippen molar-refractivity contribution in [3.05, 3.63) is 29.8 Å².